The first-order chi connectivity index (χ1) is 9.54. The van der Waals surface area contributed by atoms with Crippen LogP contribution < -0.4 is 5.32 Å². The predicted molar refractivity (Wildman–Crippen MR) is 81.0 cm³/mol. The Morgan fingerprint density at radius 2 is 2.15 bits per heavy atom. The summed E-state index contributed by atoms with van der Waals surface area (Å²) in [6.45, 7) is 4.20. The normalized spacial score (nSPS) is 11.2. The lowest BCUT2D eigenvalue weighted by Crippen LogP contribution is -2.08. The van der Waals surface area contributed by atoms with Crippen molar-refractivity contribution in [2.24, 2.45) is 0 Å². The SMILES string of the molecule is CC(C)c1csc(C=Cc2cccc(NC(=O)O)n2)n1. The highest BCUT2D eigenvalue weighted by molar-refractivity contribution is 7.10. The van der Waals surface area contributed by atoms with E-state index >= 15 is 0 Å². The van der Waals surface area contributed by atoms with Gasteiger partial charge in [-0.15, -0.1) is 11.3 Å². The summed E-state index contributed by atoms with van der Waals surface area (Å²) in [4.78, 5) is 19.2. The van der Waals surface area contributed by atoms with Gasteiger partial charge in [0, 0.05) is 5.38 Å². The van der Waals surface area contributed by atoms with Gasteiger partial charge in [-0.1, -0.05) is 19.9 Å². The molecule has 2 aromatic heterocycles. The molecule has 6 heteroatoms. The molecule has 0 fully saturated rings. The van der Waals surface area contributed by atoms with Gasteiger partial charge in [-0.2, -0.15) is 0 Å². The number of thiazole rings is 1. The average molecular weight is 289 g/mol. The Labute approximate surface area is 121 Å². The van der Waals surface area contributed by atoms with Crippen molar-refractivity contribution in [2.75, 3.05) is 5.32 Å². The largest absolute Gasteiger partial charge is 0.465 e. The minimum Gasteiger partial charge on any atom is -0.465 e. The number of aromatic nitrogens is 2. The maximum absolute atomic E-state index is 10.5. The van der Waals surface area contributed by atoms with Crippen molar-refractivity contribution in [2.45, 2.75) is 19.8 Å². The van der Waals surface area contributed by atoms with Crippen LogP contribution in [-0.2, 0) is 0 Å². The third kappa shape index (κ3) is 3.89. The summed E-state index contributed by atoms with van der Waals surface area (Å²) in [6, 6.07) is 5.16. The van der Waals surface area contributed by atoms with Gasteiger partial charge in [0.1, 0.15) is 10.8 Å². The van der Waals surface area contributed by atoms with Crippen LogP contribution in [0.3, 0.4) is 0 Å². The number of hydrogen-bond donors (Lipinski definition) is 2. The van der Waals surface area contributed by atoms with Crippen LogP contribution in [0, 0.1) is 0 Å². The summed E-state index contributed by atoms with van der Waals surface area (Å²) in [7, 11) is 0. The van der Waals surface area contributed by atoms with Crippen LogP contribution in [0.2, 0.25) is 0 Å². The van der Waals surface area contributed by atoms with Gasteiger partial charge in [-0.05, 0) is 30.2 Å². The molecule has 2 aromatic rings. The van der Waals surface area contributed by atoms with Gasteiger partial charge < -0.3 is 5.11 Å². The molecule has 0 atom stereocenters. The highest BCUT2D eigenvalue weighted by atomic mass is 32.1. The number of carboxylic acid groups (broad SMARTS) is 1. The number of amides is 1. The molecule has 0 saturated heterocycles. The van der Waals surface area contributed by atoms with E-state index in [1.54, 1.807) is 29.5 Å². The van der Waals surface area contributed by atoms with Gasteiger partial charge in [0.05, 0.1) is 11.4 Å². The smallest absolute Gasteiger partial charge is 0.410 e. The van der Waals surface area contributed by atoms with Crippen LogP contribution in [0.15, 0.2) is 23.6 Å². The van der Waals surface area contributed by atoms with Gasteiger partial charge in [0.2, 0.25) is 0 Å². The summed E-state index contributed by atoms with van der Waals surface area (Å²) in [5.41, 5.74) is 1.75. The molecule has 0 aliphatic rings. The van der Waals surface area contributed by atoms with Crippen LogP contribution in [-0.4, -0.2) is 21.2 Å². The molecule has 0 bridgehead atoms. The van der Waals surface area contributed by atoms with Crippen LogP contribution in [0.4, 0.5) is 10.6 Å². The quantitative estimate of drug-likeness (QED) is 0.894. The lowest BCUT2D eigenvalue weighted by molar-refractivity contribution is 0.209. The minimum atomic E-state index is -1.12. The second-order valence-electron chi connectivity index (χ2n) is 4.48. The maximum Gasteiger partial charge on any atom is 0.410 e. The molecular formula is C14H15N3O2S. The zero-order valence-electron chi connectivity index (χ0n) is 11.2. The summed E-state index contributed by atoms with van der Waals surface area (Å²) in [5, 5.41) is 13.8. The Bertz CT molecular complexity index is 635. The van der Waals surface area contributed by atoms with Crippen molar-refractivity contribution in [3.05, 3.63) is 40.0 Å². The highest BCUT2D eigenvalue weighted by Gasteiger charge is 2.03. The van der Waals surface area contributed by atoms with E-state index in [4.69, 9.17) is 5.11 Å². The number of rotatable bonds is 4. The van der Waals surface area contributed by atoms with Crippen molar-refractivity contribution >= 4 is 35.4 Å². The van der Waals surface area contributed by atoms with E-state index < -0.39 is 6.09 Å². The van der Waals surface area contributed by atoms with Crippen LogP contribution in [0.5, 0.6) is 0 Å². The molecule has 0 saturated carbocycles. The zero-order chi connectivity index (χ0) is 14.5. The Morgan fingerprint density at radius 3 is 2.80 bits per heavy atom. The standard InChI is InChI=1S/C14H15N3O2S/c1-9(2)11-8-20-13(16-11)7-6-10-4-3-5-12(15-10)17-14(18)19/h3-9H,1-2H3,(H,15,17)(H,18,19). The molecule has 0 aromatic carbocycles. The van der Waals surface area contributed by atoms with E-state index in [0.717, 1.165) is 10.7 Å². The lowest BCUT2D eigenvalue weighted by atomic mass is 10.2. The molecule has 0 spiro atoms. The van der Waals surface area contributed by atoms with E-state index in [-0.39, 0.29) is 0 Å². The molecule has 20 heavy (non-hydrogen) atoms. The third-order valence-corrected chi connectivity index (χ3v) is 3.36. The van der Waals surface area contributed by atoms with Gasteiger partial charge in [0.25, 0.3) is 0 Å². The third-order valence-electron chi connectivity index (χ3n) is 2.53. The molecule has 104 valence electrons. The molecule has 0 radical (unpaired) electrons. The van der Waals surface area contributed by atoms with Crippen molar-refractivity contribution < 1.29 is 9.90 Å². The van der Waals surface area contributed by atoms with Gasteiger partial charge in [0.15, 0.2) is 0 Å². The fourth-order valence-corrected chi connectivity index (χ4v) is 2.39. The van der Waals surface area contributed by atoms with Crippen molar-refractivity contribution in [1.29, 1.82) is 0 Å². The van der Waals surface area contributed by atoms with Gasteiger partial charge >= 0.3 is 6.09 Å². The molecule has 2 N–H and O–H groups in total. The molecular weight excluding hydrogens is 274 g/mol. The first kappa shape index (κ1) is 14.2. The van der Waals surface area contributed by atoms with E-state index in [0.29, 0.717) is 17.4 Å². The van der Waals surface area contributed by atoms with E-state index in [1.807, 2.05) is 17.5 Å². The fourth-order valence-electron chi connectivity index (χ4n) is 1.52. The van der Waals surface area contributed by atoms with Crippen LogP contribution in [0.1, 0.15) is 36.2 Å². The Morgan fingerprint density at radius 1 is 1.35 bits per heavy atom. The summed E-state index contributed by atoms with van der Waals surface area (Å²) >= 11 is 1.58. The zero-order valence-corrected chi connectivity index (χ0v) is 12.0. The number of anilines is 1. The Balaban J connectivity index is 2.12. The number of pyridine rings is 1. The molecule has 2 heterocycles. The Hall–Kier alpha value is -2.21. The summed E-state index contributed by atoms with van der Waals surface area (Å²) in [6.07, 6.45) is 2.57. The fraction of sp³-hybridized carbons (Fsp3) is 0.214. The summed E-state index contributed by atoms with van der Waals surface area (Å²) < 4.78 is 0. The highest BCUT2D eigenvalue weighted by Crippen LogP contribution is 2.19. The van der Waals surface area contributed by atoms with Crippen molar-refractivity contribution in [3.8, 4) is 0 Å². The lowest BCUT2D eigenvalue weighted by Gasteiger charge is -2.00. The number of carbonyl (C=O) groups is 1. The summed E-state index contributed by atoms with van der Waals surface area (Å²) in [5.74, 6) is 0.719. The van der Waals surface area contributed by atoms with Gasteiger partial charge in [-0.25, -0.2) is 14.8 Å². The van der Waals surface area contributed by atoms with E-state index in [2.05, 4.69) is 29.1 Å². The van der Waals surface area contributed by atoms with Crippen molar-refractivity contribution in [1.82, 2.24) is 9.97 Å². The van der Waals surface area contributed by atoms with Gasteiger partial charge in [-0.3, -0.25) is 5.32 Å². The molecule has 0 unspecified atom stereocenters. The van der Waals surface area contributed by atoms with E-state index in [9.17, 15) is 4.79 Å². The van der Waals surface area contributed by atoms with Crippen LogP contribution in [0.25, 0.3) is 12.2 Å². The molecule has 2 rings (SSSR count). The Kier molecular flexibility index (Phi) is 4.47. The van der Waals surface area contributed by atoms with Crippen molar-refractivity contribution in [3.63, 3.8) is 0 Å². The van der Waals surface area contributed by atoms with Crippen LogP contribution >= 0.6 is 11.3 Å². The number of nitrogens with one attached hydrogen (secondary N) is 1. The maximum atomic E-state index is 10.5. The first-order valence-corrected chi connectivity index (χ1v) is 7.03. The molecule has 0 aliphatic carbocycles. The predicted octanol–water partition coefficient (Wildman–Crippen LogP) is 3.92. The molecule has 1 amide bonds. The monoisotopic (exact) mass is 289 g/mol. The average Bonchev–Trinajstić information content (AvgIpc) is 2.85. The number of nitrogens with zero attached hydrogens (tertiary/aromatic N) is 2. The van der Waals surface area contributed by atoms with E-state index in [1.165, 1.54) is 0 Å². The molecule has 5 nitrogen and oxygen atoms in total. The second-order valence-corrected chi connectivity index (χ2v) is 5.37. The topological polar surface area (TPSA) is 75.1 Å². The molecule has 0 aliphatic heterocycles. The number of hydrogen-bond acceptors (Lipinski definition) is 4. The minimum absolute atomic E-state index is 0.307. The first-order valence-electron chi connectivity index (χ1n) is 6.15. The second kappa shape index (κ2) is 6.29.